The number of aromatic nitrogens is 2. The molecule has 0 fully saturated rings. The Morgan fingerprint density at radius 3 is 2.56 bits per heavy atom. The first-order valence-corrected chi connectivity index (χ1v) is 8.24. The minimum atomic E-state index is -0.339. The fourth-order valence-electron chi connectivity index (χ4n) is 2.26. The highest BCUT2D eigenvalue weighted by atomic mass is 16.5. The number of nitrogens with zero attached hydrogens (tertiary/aromatic N) is 2. The maximum Gasteiger partial charge on any atom is 0.287 e. The number of nitrogens with one attached hydrogen (secondary N) is 2. The molecular formula is C18H18N4O5. The lowest BCUT2D eigenvalue weighted by Gasteiger charge is -2.11. The minimum absolute atomic E-state index is 0.0842. The molecule has 2 N–H and O–H groups in total. The molecule has 0 aliphatic heterocycles. The highest BCUT2D eigenvalue weighted by Gasteiger charge is 2.13. The average molecular weight is 370 g/mol. The van der Waals surface area contributed by atoms with Crippen LogP contribution in [0.15, 0.2) is 51.6 Å². The van der Waals surface area contributed by atoms with Crippen molar-refractivity contribution in [1.82, 2.24) is 20.8 Å². The second kappa shape index (κ2) is 8.65. The molecule has 0 saturated heterocycles. The van der Waals surface area contributed by atoms with Gasteiger partial charge in [0, 0.05) is 20.0 Å². The fraction of sp³-hybridized carbons (Fsp3) is 0.222. The van der Waals surface area contributed by atoms with Crippen LogP contribution in [0.1, 0.15) is 32.6 Å². The van der Waals surface area contributed by atoms with Gasteiger partial charge in [-0.05, 0) is 24.3 Å². The Balaban J connectivity index is 1.49. The predicted octanol–water partition coefficient (Wildman–Crippen LogP) is 1.71. The van der Waals surface area contributed by atoms with Gasteiger partial charge in [0.1, 0.15) is 5.75 Å². The molecule has 9 nitrogen and oxygen atoms in total. The molecule has 1 aromatic carbocycles. The van der Waals surface area contributed by atoms with Crippen LogP contribution >= 0.6 is 0 Å². The normalized spacial score (nSPS) is 10.4. The van der Waals surface area contributed by atoms with E-state index in [9.17, 15) is 9.59 Å². The number of aryl methyl sites for hydroxylation is 1. The number of carbonyl (C=O) groups is 2. The molecule has 0 aliphatic carbocycles. The van der Waals surface area contributed by atoms with Crippen LogP contribution in [0.25, 0.3) is 0 Å². The van der Waals surface area contributed by atoms with E-state index in [0.717, 1.165) is 0 Å². The van der Waals surface area contributed by atoms with Gasteiger partial charge in [-0.3, -0.25) is 9.59 Å². The largest absolute Gasteiger partial charge is 0.485 e. The number of furan rings is 1. The molecule has 0 unspecified atom stereocenters. The lowest BCUT2D eigenvalue weighted by atomic mass is 10.2. The smallest absolute Gasteiger partial charge is 0.287 e. The fourth-order valence-corrected chi connectivity index (χ4v) is 2.26. The molecule has 0 spiro atoms. The quantitative estimate of drug-likeness (QED) is 0.579. The summed E-state index contributed by atoms with van der Waals surface area (Å²) < 4.78 is 15.5. The van der Waals surface area contributed by atoms with Gasteiger partial charge >= 0.3 is 0 Å². The summed E-state index contributed by atoms with van der Waals surface area (Å²) >= 11 is 0. The van der Waals surface area contributed by atoms with Crippen molar-refractivity contribution in [3.8, 4) is 5.75 Å². The Kier molecular flexibility index (Phi) is 5.83. The number of rotatable bonds is 8. The molecule has 0 atom stereocenters. The van der Waals surface area contributed by atoms with Crippen LogP contribution in [0, 0.1) is 6.92 Å². The topological polar surface area (TPSA) is 119 Å². The highest BCUT2D eigenvalue weighted by Crippen LogP contribution is 2.18. The van der Waals surface area contributed by atoms with Crippen LogP contribution in [0.4, 0.5) is 0 Å². The molecule has 2 amide bonds. The van der Waals surface area contributed by atoms with Gasteiger partial charge in [-0.25, -0.2) is 0 Å². The van der Waals surface area contributed by atoms with Crippen molar-refractivity contribution in [2.75, 3.05) is 13.1 Å². The summed E-state index contributed by atoms with van der Waals surface area (Å²) in [6.07, 6.45) is 1.42. The van der Waals surface area contributed by atoms with Crippen LogP contribution in [0.2, 0.25) is 0 Å². The summed E-state index contributed by atoms with van der Waals surface area (Å²) in [5.41, 5.74) is 0.370. The van der Waals surface area contributed by atoms with E-state index in [-0.39, 0.29) is 37.3 Å². The van der Waals surface area contributed by atoms with Gasteiger partial charge in [-0.15, -0.1) is 0 Å². The summed E-state index contributed by atoms with van der Waals surface area (Å²) in [5.74, 6) is 0.795. The van der Waals surface area contributed by atoms with Crippen molar-refractivity contribution in [3.63, 3.8) is 0 Å². The average Bonchev–Trinajstić information content (AvgIpc) is 3.35. The van der Waals surface area contributed by atoms with Crippen molar-refractivity contribution in [2.24, 2.45) is 0 Å². The van der Waals surface area contributed by atoms with E-state index >= 15 is 0 Å². The lowest BCUT2D eigenvalue weighted by Crippen LogP contribution is -2.34. The van der Waals surface area contributed by atoms with Crippen LogP contribution in [-0.2, 0) is 6.61 Å². The Morgan fingerprint density at radius 1 is 1.07 bits per heavy atom. The van der Waals surface area contributed by atoms with Crippen LogP contribution in [0.5, 0.6) is 5.75 Å². The summed E-state index contributed by atoms with van der Waals surface area (Å²) in [6.45, 7) is 2.28. The first kappa shape index (κ1) is 18.2. The first-order chi connectivity index (χ1) is 13.1. The number of amides is 2. The van der Waals surface area contributed by atoms with E-state index in [1.54, 1.807) is 43.3 Å². The standard InChI is InChI=1S/C18H18N4O5/c1-12-21-16(22-27-12)11-26-14-6-3-2-5-13(14)17(23)19-8-9-20-18(24)15-7-4-10-25-15/h2-7,10H,8-9,11H2,1H3,(H,19,23)(H,20,24). The molecule has 140 valence electrons. The molecule has 3 rings (SSSR count). The zero-order valence-corrected chi connectivity index (χ0v) is 14.6. The van der Waals surface area contributed by atoms with Crippen molar-refractivity contribution in [3.05, 3.63) is 65.7 Å². The zero-order chi connectivity index (χ0) is 19.1. The molecule has 0 aliphatic rings. The van der Waals surface area contributed by atoms with Gasteiger partial charge in [0.2, 0.25) is 11.7 Å². The molecular weight excluding hydrogens is 352 g/mol. The molecule has 0 radical (unpaired) electrons. The number of carbonyl (C=O) groups excluding carboxylic acids is 2. The molecule has 9 heteroatoms. The second-order valence-corrected chi connectivity index (χ2v) is 5.50. The van der Waals surface area contributed by atoms with Crippen molar-refractivity contribution >= 4 is 11.8 Å². The molecule has 0 saturated carbocycles. The summed E-state index contributed by atoms with van der Waals surface area (Å²) in [6, 6.07) is 10.0. The number of ether oxygens (including phenoxy) is 1. The summed E-state index contributed by atoms with van der Waals surface area (Å²) in [7, 11) is 0. The van der Waals surface area contributed by atoms with Gasteiger partial charge in [0.05, 0.1) is 11.8 Å². The van der Waals surface area contributed by atoms with Gasteiger partial charge in [0.15, 0.2) is 12.4 Å². The first-order valence-electron chi connectivity index (χ1n) is 8.24. The van der Waals surface area contributed by atoms with E-state index < -0.39 is 0 Å². The van der Waals surface area contributed by atoms with Gasteiger partial charge in [-0.1, -0.05) is 17.3 Å². The lowest BCUT2D eigenvalue weighted by molar-refractivity contribution is 0.0909. The van der Waals surface area contributed by atoms with E-state index in [4.69, 9.17) is 13.7 Å². The van der Waals surface area contributed by atoms with E-state index in [0.29, 0.717) is 23.0 Å². The van der Waals surface area contributed by atoms with E-state index in [1.807, 2.05) is 0 Å². The minimum Gasteiger partial charge on any atom is -0.485 e. The van der Waals surface area contributed by atoms with Gasteiger partial charge in [0.25, 0.3) is 11.8 Å². The number of para-hydroxylation sites is 1. The predicted molar refractivity (Wildman–Crippen MR) is 93.2 cm³/mol. The van der Waals surface area contributed by atoms with Crippen LogP contribution < -0.4 is 15.4 Å². The Bertz CT molecular complexity index is 904. The monoisotopic (exact) mass is 370 g/mol. The number of benzene rings is 1. The molecule has 27 heavy (non-hydrogen) atoms. The van der Waals surface area contributed by atoms with Gasteiger partial charge < -0.3 is 24.3 Å². The summed E-state index contributed by atoms with van der Waals surface area (Å²) in [5, 5.41) is 9.12. The highest BCUT2D eigenvalue weighted by molar-refractivity contribution is 5.97. The SMILES string of the molecule is Cc1nc(COc2ccccc2C(=O)NCCNC(=O)c2ccco2)no1. The zero-order valence-electron chi connectivity index (χ0n) is 14.6. The molecule has 2 heterocycles. The van der Waals surface area contributed by atoms with Gasteiger partial charge in [-0.2, -0.15) is 4.98 Å². The Morgan fingerprint density at radius 2 is 1.85 bits per heavy atom. The summed E-state index contributed by atoms with van der Waals surface area (Å²) in [4.78, 5) is 28.2. The molecule has 0 bridgehead atoms. The van der Waals surface area contributed by atoms with Crippen molar-refractivity contribution in [2.45, 2.75) is 13.5 Å². The number of hydrogen-bond acceptors (Lipinski definition) is 7. The Labute approximate surface area is 154 Å². The van der Waals surface area contributed by atoms with E-state index in [2.05, 4.69) is 20.8 Å². The maximum atomic E-state index is 12.4. The third-order valence-electron chi connectivity index (χ3n) is 3.50. The van der Waals surface area contributed by atoms with Crippen LogP contribution in [-0.4, -0.2) is 35.0 Å². The molecule has 3 aromatic rings. The molecule has 2 aromatic heterocycles. The maximum absolute atomic E-state index is 12.4. The van der Waals surface area contributed by atoms with E-state index in [1.165, 1.54) is 6.26 Å². The third kappa shape index (κ3) is 4.94. The van der Waals surface area contributed by atoms with Crippen LogP contribution in [0.3, 0.4) is 0 Å². The third-order valence-corrected chi connectivity index (χ3v) is 3.50. The Hall–Kier alpha value is -3.62. The van der Waals surface area contributed by atoms with Crippen molar-refractivity contribution < 1.29 is 23.3 Å². The second-order valence-electron chi connectivity index (χ2n) is 5.50. The van der Waals surface area contributed by atoms with Crippen molar-refractivity contribution in [1.29, 1.82) is 0 Å². The number of hydrogen-bond donors (Lipinski definition) is 2.